The van der Waals surface area contributed by atoms with Crippen molar-refractivity contribution in [3.8, 4) is 10.6 Å². The second-order valence-electron chi connectivity index (χ2n) is 6.74. The van der Waals surface area contributed by atoms with Crippen molar-refractivity contribution in [2.45, 2.75) is 26.2 Å². The molecule has 2 heterocycles. The van der Waals surface area contributed by atoms with E-state index in [0.717, 1.165) is 44.2 Å². The van der Waals surface area contributed by atoms with Gasteiger partial charge in [-0.3, -0.25) is 4.79 Å². The number of pyridine rings is 1. The molecule has 4 nitrogen and oxygen atoms in total. The van der Waals surface area contributed by atoms with Crippen LogP contribution in [0.5, 0.6) is 0 Å². The molecule has 1 amide bonds. The first-order valence-electron chi connectivity index (χ1n) is 9.40. The fraction of sp³-hybridized carbons (Fsp3) is 0.174. The van der Waals surface area contributed by atoms with Crippen molar-refractivity contribution in [2.24, 2.45) is 0 Å². The summed E-state index contributed by atoms with van der Waals surface area (Å²) in [5, 5.41) is 4.08. The van der Waals surface area contributed by atoms with Crippen molar-refractivity contribution in [1.82, 2.24) is 4.98 Å². The van der Waals surface area contributed by atoms with Gasteiger partial charge in [0.15, 0.2) is 6.20 Å². The number of aromatic nitrogens is 2. The first kappa shape index (κ1) is 18.3. The quantitative estimate of drug-likeness (QED) is 0.510. The number of nitrogens with one attached hydrogen (secondary N) is 2. The van der Waals surface area contributed by atoms with Crippen molar-refractivity contribution in [1.29, 1.82) is 0 Å². The van der Waals surface area contributed by atoms with Crippen LogP contribution in [0.25, 0.3) is 20.9 Å². The molecule has 0 saturated heterocycles. The highest BCUT2D eigenvalue weighted by atomic mass is 32.1. The Morgan fingerprint density at radius 1 is 1.11 bits per heavy atom. The lowest BCUT2D eigenvalue weighted by molar-refractivity contribution is -0.341. The predicted octanol–water partition coefficient (Wildman–Crippen LogP) is 5.22. The van der Waals surface area contributed by atoms with E-state index in [-0.39, 0.29) is 11.8 Å². The number of aromatic amines is 1. The Morgan fingerprint density at radius 3 is 2.68 bits per heavy atom. The molecule has 0 bridgehead atoms. The third-order valence-electron chi connectivity index (χ3n) is 4.97. The molecule has 0 saturated carbocycles. The number of fused-ring (bicyclic) bond motifs is 1. The van der Waals surface area contributed by atoms with Crippen LogP contribution in [0.1, 0.15) is 30.4 Å². The van der Waals surface area contributed by atoms with E-state index in [2.05, 4.69) is 16.4 Å². The molecular weight excluding hydrogens is 366 g/mol. The van der Waals surface area contributed by atoms with Gasteiger partial charge in [0.25, 0.3) is 4.83 Å². The highest BCUT2D eigenvalue weighted by Crippen LogP contribution is 2.33. The molecule has 1 unspecified atom stereocenters. The maximum absolute atomic E-state index is 13.0. The number of thiazole rings is 1. The molecule has 0 fully saturated rings. The third-order valence-corrected chi connectivity index (χ3v) is 6.00. The van der Waals surface area contributed by atoms with Crippen LogP contribution >= 0.6 is 11.3 Å². The van der Waals surface area contributed by atoms with E-state index in [9.17, 15) is 4.79 Å². The Kier molecular flexibility index (Phi) is 5.17. The lowest BCUT2D eigenvalue weighted by Crippen LogP contribution is -2.21. The minimum absolute atomic E-state index is 0.0200. The standard InChI is InChI=1S/C23H21N3OS/c1-3-17(16-9-5-4-6-10-16)21(27)25-19-12-7-11-18(15(19)2)22-26-20-13-8-14-24-23(20)28-22/h4-14,17H,3H2,1-2H3,(H,25,27)/p+1. The van der Waals surface area contributed by atoms with E-state index in [4.69, 9.17) is 4.98 Å². The van der Waals surface area contributed by atoms with Gasteiger partial charge in [0.2, 0.25) is 5.91 Å². The zero-order chi connectivity index (χ0) is 19.5. The van der Waals surface area contributed by atoms with Gasteiger partial charge < -0.3 is 5.32 Å². The lowest BCUT2D eigenvalue weighted by Gasteiger charge is -2.17. The van der Waals surface area contributed by atoms with E-state index in [1.807, 2.05) is 74.6 Å². The highest BCUT2D eigenvalue weighted by Gasteiger charge is 2.20. The summed E-state index contributed by atoms with van der Waals surface area (Å²) in [6.45, 7) is 4.07. The first-order valence-corrected chi connectivity index (χ1v) is 10.2. The Hall–Kier alpha value is -3.05. The highest BCUT2D eigenvalue weighted by molar-refractivity contribution is 7.20. The molecule has 2 N–H and O–H groups in total. The summed E-state index contributed by atoms with van der Waals surface area (Å²) >= 11 is 1.62. The number of benzene rings is 2. The van der Waals surface area contributed by atoms with E-state index >= 15 is 0 Å². The van der Waals surface area contributed by atoms with Crippen molar-refractivity contribution < 1.29 is 9.78 Å². The molecule has 2 aromatic heterocycles. The molecule has 5 heteroatoms. The van der Waals surface area contributed by atoms with Crippen molar-refractivity contribution in [3.05, 3.63) is 78.0 Å². The van der Waals surface area contributed by atoms with Gasteiger partial charge >= 0.3 is 0 Å². The summed E-state index contributed by atoms with van der Waals surface area (Å²) in [7, 11) is 0. The number of amides is 1. The SMILES string of the molecule is CCC(C(=O)Nc1cccc(-c2nc3ccc[nH+]c3s2)c1C)c1ccccc1. The third kappa shape index (κ3) is 3.53. The van der Waals surface area contributed by atoms with Gasteiger partial charge in [-0.05, 0) is 47.9 Å². The summed E-state index contributed by atoms with van der Waals surface area (Å²) < 4.78 is 0. The fourth-order valence-electron chi connectivity index (χ4n) is 3.41. The second-order valence-corrected chi connectivity index (χ2v) is 7.74. The molecule has 0 aliphatic rings. The number of H-pyrrole nitrogens is 1. The smallest absolute Gasteiger partial charge is 0.287 e. The van der Waals surface area contributed by atoms with Crippen LogP contribution < -0.4 is 10.3 Å². The molecule has 0 radical (unpaired) electrons. The van der Waals surface area contributed by atoms with Gasteiger partial charge in [0.05, 0.1) is 5.92 Å². The first-order chi connectivity index (χ1) is 13.7. The molecule has 2 aromatic carbocycles. The summed E-state index contributed by atoms with van der Waals surface area (Å²) in [6.07, 6.45) is 2.66. The fourth-order valence-corrected chi connectivity index (χ4v) is 4.42. The molecular formula is C23H22N3OS+. The molecule has 0 aliphatic heterocycles. The summed E-state index contributed by atoms with van der Waals surface area (Å²) in [5.74, 6) is -0.145. The van der Waals surface area contributed by atoms with Gasteiger partial charge in [0.1, 0.15) is 10.5 Å². The molecule has 140 valence electrons. The topological polar surface area (TPSA) is 56.1 Å². The van der Waals surface area contributed by atoms with Crippen molar-refractivity contribution >= 4 is 33.3 Å². The van der Waals surface area contributed by atoms with Crippen LogP contribution in [-0.2, 0) is 4.79 Å². The van der Waals surface area contributed by atoms with E-state index in [1.165, 1.54) is 0 Å². The number of hydrogen-bond acceptors (Lipinski definition) is 3. The Bertz CT molecular complexity index is 1090. The molecule has 4 aromatic rings. The molecule has 0 aliphatic carbocycles. The minimum Gasteiger partial charge on any atom is -0.325 e. The van der Waals surface area contributed by atoms with Crippen LogP contribution in [0.15, 0.2) is 66.9 Å². The maximum Gasteiger partial charge on any atom is 0.287 e. The van der Waals surface area contributed by atoms with Crippen LogP contribution in [0, 0.1) is 6.92 Å². The Balaban J connectivity index is 1.64. The Morgan fingerprint density at radius 2 is 1.93 bits per heavy atom. The van der Waals surface area contributed by atoms with Crippen molar-refractivity contribution in [3.63, 3.8) is 0 Å². The number of anilines is 1. The van der Waals surface area contributed by atoms with Gasteiger partial charge in [0, 0.05) is 17.3 Å². The van der Waals surface area contributed by atoms with Gasteiger partial charge in [-0.25, -0.2) is 9.97 Å². The number of carbonyl (C=O) groups excluding carboxylic acids is 1. The number of hydrogen-bond donors (Lipinski definition) is 1. The zero-order valence-corrected chi connectivity index (χ0v) is 16.7. The maximum atomic E-state index is 13.0. The van der Waals surface area contributed by atoms with E-state index in [1.54, 1.807) is 11.3 Å². The summed E-state index contributed by atoms with van der Waals surface area (Å²) in [4.78, 5) is 22.0. The van der Waals surface area contributed by atoms with Gasteiger partial charge in [-0.15, -0.1) is 0 Å². The number of carbonyl (C=O) groups is 1. The molecule has 1 atom stereocenters. The van der Waals surface area contributed by atoms with Crippen molar-refractivity contribution in [2.75, 3.05) is 5.32 Å². The predicted molar refractivity (Wildman–Crippen MR) is 114 cm³/mol. The second kappa shape index (κ2) is 7.90. The molecule has 4 rings (SSSR count). The number of nitrogens with zero attached hydrogens (tertiary/aromatic N) is 1. The molecule has 0 spiro atoms. The lowest BCUT2D eigenvalue weighted by atomic mass is 9.95. The number of rotatable bonds is 5. The summed E-state index contributed by atoms with van der Waals surface area (Å²) in [5.41, 5.74) is 4.89. The molecule has 28 heavy (non-hydrogen) atoms. The van der Waals surface area contributed by atoms with Crippen LogP contribution in [-0.4, -0.2) is 10.9 Å². The van der Waals surface area contributed by atoms with Gasteiger partial charge in [-0.1, -0.05) is 49.4 Å². The van der Waals surface area contributed by atoms with Crippen LogP contribution in [0.2, 0.25) is 0 Å². The zero-order valence-electron chi connectivity index (χ0n) is 15.9. The summed E-state index contributed by atoms with van der Waals surface area (Å²) in [6, 6.07) is 19.9. The largest absolute Gasteiger partial charge is 0.325 e. The average molecular weight is 389 g/mol. The van der Waals surface area contributed by atoms with Crippen LogP contribution in [0.4, 0.5) is 5.69 Å². The normalized spacial score (nSPS) is 12.1. The van der Waals surface area contributed by atoms with E-state index < -0.39 is 0 Å². The Labute approximate surface area is 168 Å². The van der Waals surface area contributed by atoms with Gasteiger partial charge in [-0.2, -0.15) is 0 Å². The van der Waals surface area contributed by atoms with E-state index in [0.29, 0.717) is 0 Å². The average Bonchev–Trinajstić information content (AvgIpc) is 3.15. The monoisotopic (exact) mass is 388 g/mol. The minimum atomic E-state index is -0.165. The van der Waals surface area contributed by atoms with Crippen LogP contribution in [0.3, 0.4) is 0 Å².